The zero-order valence-electron chi connectivity index (χ0n) is 17.3. The number of primary sulfonamides is 1. The fourth-order valence-electron chi connectivity index (χ4n) is 2.96. The molecule has 0 atom stereocenters. The Bertz CT molecular complexity index is 1180. The van der Waals surface area contributed by atoms with E-state index in [9.17, 15) is 13.2 Å². The average molecular weight is 457 g/mol. The van der Waals surface area contributed by atoms with Crippen LogP contribution >= 0.6 is 11.8 Å². The predicted octanol–water partition coefficient (Wildman–Crippen LogP) is 4.58. The Labute approximate surface area is 186 Å². The van der Waals surface area contributed by atoms with Crippen LogP contribution in [0.1, 0.15) is 28.4 Å². The molecule has 3 N–H and O–H groups in total. The zero-order valence-corrected chi connectivity index (χ0v) is 18.9. The van der Waals surface area contributed by atoms with Crippen LogP contribution in [-0.4, -0.2) is 21.0 Å². The van der Waals surface area contributed by atoms with Crippen molar-refractivity contribution in [2.45, 2.75) is 35.1 Å². The number of benzene rings is 3. The van der Waals surface area contributed by atoms with Gasteiger partial charge >= 0.3 is 5.97 Å². The van der Waals surface area contributed by atoms with Crippen molar-refractivity contribution < 1.29 is 17.9 Å². The molecule has 0 heterocycles. The molecule has 162 valence electrons. The number of aryl methyl sites for hydroxylation is 1. The molecule has 0 saturated carbocycles. The van der Waals surface area contributed by atoms with E-state index < -0.39 is 16.0 Å². The first-order valence-corrected chi connectivity index (χ1v) is 12.0. The topological polar surface area (TPSA) is 98.5 Å². The van der Waals surface area contributed by atoms with Crippen LogP contribution in [0.4, 0.5) is 5.69 Å². The third kappa shape index (κ3) is 5.88. The summed E-state index contributed by atoms with van der Waals surface area (Å²) < 4.78 is 30.0. The van der Waals surface area contributed by atoms with Crippen LogP contribution in [-0.2, 0) is 21.3 Å². The molecule has 0 fully saturated rings. The van der Waals surface area contributed by atoms with Crippen LogP contribution in [0.15, 0.2) is 81.4 Å². The lowest BCUT2D eigenvalue weighted by atomic mass is 10.1. The number of hydrogen-bond donors (Lipinski definition) is 2. The fraction of sp³-hybridized carbons (Fsp3) is 0.174. The number of nitrogens with one attached hydrogen (secondary N) is 1. The molecule has 0 amide bonds. The molecule has 0 saturated heterocycles. The van der Waals surface area contributed by atoms with Crippen LogP contribution in [0, 0.1) is 6.92 Å². The largest absolute Gasteiger partial charge is 0.462 e. The number of ether oxygens (including phenoxy) is 1. The van der Waals surface area contributed by atoms with Crippen LogP contribution in [0.2, 0.25) is 0 Å². The summed E-state index contributed by atoms with van der Waals surface area (Å²) in [6.45, 7) is 4.26. The quantitative estimate of drug-likeness (QED) is 0.481. The number of carbonyl (C=O) groups is 1. The van der Waals surface area contributed by atoms with Crippen molar-refractivity contribution in [3.8, 4) is 0 Å². The van der Waals surface area contributed by atoms with Crippen molar-refractivity contribution in [1.82, 2.24) is 0 Å². The van der Waals surface area contributed by atoms with Crippen molar-refractivity contribution in [1.29, 1.82) is 0 Å². The summed E-state index contributed by atoms with van der Waals surface area (Å²) in [6.07, 6.45) is 0. The molecule has 0 aromatic heterocycles. The second kappa shape index (κ2) is 10.00. The van der Waals surface area contributed by atoms with Gasteiger partial charge in [-0.05, 0) is 43.2 Å². The van der Waals surface area contributed by atoms with Gasteiger partial charge in [-0.3, -0.25) is 0 Å². The Hall–Kier alpha value is -2.81. The molecule has 0 bridgehead atoms. The molecule has 0 spiro atoms. The highest BCUT2D eigenvalue weighted by molar-refractivity contribution is 8.00. The van der Waals surface area contributed by atoms with Crippen LogP contribution in [0.3, 0.4) is 0 Å². The van der Waals surface area contributed by atoms with Crippen molar-refractivity contribution in [2.75, 3.05) is 11.9 Å². The molecular formula is C23H24N2O4S2. The van der Waals surface area contributed by atoms with E-state index in [1.807, 2.05) is 61.5 Å². The maximum Gasteiger partial charge on any atom is 0.338 e. The van der Waals surface area contributed by atoms with Gasteiger partial charge in [0.1, 0.15) is 0 Å². The normalized spacial score (nSPS) is 11.2. The summed E-state index contributed by atoms with van der Waals surface area (Å²) in [6, 6.07) is 20.2. The molecular weight excluding hydrogens is 432 g/mol. The van der Waals surface area contributed by atoms with Gasteiger partial charge < -0.3 is 10.1 Å². The second-order valence-electron chi connectivity index (χ2n) is 6.82. The smallest absolute Gasteiger partial charge is 0.338 e. The third-order valence-corrected chi connectivity index (χ3v) is 6.89. The number of nitrogens with two attached hydrogens (primary N) is 1. The number of anilines is 1. The van der Waals surface area contributed by atoms with Gasteiger partial charge in [-0.2, -0.15) is 0 Å². The first-order chi connectivity index (χ1) is 14.8. The SMILES string of the molecule is CCOC(=O)c1cc(NCc2ccccc2)c(Sc2ccccc2C)c(S(N)(=O)=O)c1. The maximum absolute atomic E-state index is 12.5. The highest BCUT2D eigenvalue weighted by atomic mass is 32.2. The van der Waals surface area contributed by atoms with Gasteiger partial charge in [-0.15, -0.1) is 0 Å². The van der Waals surface area contributed by atoms with Crippen molar-refractivity contribution >= 4 is 33.4 Å². The van der Waals surface area contributed by atoms with Gasteiger partial charge in [-0.1, -0.05) is 60.3 Å². The number of carbonyl (C=O) groups excluding carboxylic acids is 1. The molecule has 0 aliphatic carbocycles. The Kier molecular flexibility index (Phi) is 7.37. The third-order valence-electron chi connectivity index (χ3n) is 4.50. The van der Waals surface area contributed by atoms with E-state index in [0.29, 0.717) is 17.1 Å². The molecule has 6 nitrogen and oxygen atoms in total. The molecule has 3 aromatic rings. The minimum atomic E-state index is -4.11. The van der Waals surface area contributed by atoms with Gasteiger partial charge in [0, 0.05) is 11.4 Å². The summed E-state index contributed by atoms with van der Waals surface area (Å²) in [5.41, 5.74) is 2.62. The molecule has 3 rings (SSSR count). The number of hydrogen-bond acceptors (Lipinski definition) is 6. The molecule has 3 aromatic carbocycles. The number of rotatable bonds is 8. The van der Waals surface area contributed by atoms with E-state index in [4.69, 9.17) is 9.88 Å². The molecule has 0 aliphatic rings. The summed E-state index contributed by atoms with van der Waals surface area (Å²) in [4.78, 5) is 13.6. The van der Waals surface area contributed by atoms with E-state index >= 15 is 0 Å². The predicted molar refractivity (Wildman–Crippen MR) is 123 cm³/mol. The lowest BCUT2D eigenvalue weighted by molar-refractivity contribution is 0.0526. The summed E-state index contributed by atoms with van der Waals surface area (Å²) in [5, 5.41) is 8.82. The Morgan fingerprint density at radius 1 is 1.06 bits per heavy atom. The van der Waals surface area contributed by atoms with Crippen molar-refractivity contribution in [3.63, 3.8) is 0 Å². The summed E-state index contributed by atoms with van der Waals surface area (Å²) >= 11 is 1.29. The van der Waals surface area contributed by atoms with Gasteiger partial charge in [-0.25, -0.2) is 18.4 Å². The molecule has 0 radical (unpaired) electrons. The Morgan fingerprint density at radius 3 is 2.39 bits per heavy atom. The Balaban J connectivity index is 2.13. The minimum Gasteiger partial charge on any atom is -0.462 e. The Morgan fingerprint density at radius 2 is 1.74 bits per heavy atom. The lowest BCUT2D eigenvalue weighted by Crippen LogP contribution is -2.16. The van der Waals surface area contributed by atoms with Crippen molar-refractivity contribution in [3.05, 3.63) is 83.4 Å². The number of sulfonamides is 1. The van der Waals surface area contributed by atoms with E-state index in [1.165, 1.54) is 17.8 Å². The van der Waals surface area contributed by atoms with E-state index in [-0.39, 0.29) is 17.1 Å². The van der Waals surface area contributed by atoms with Crippen LogP contribution in [0.5, 0.6) is 0 Å². The summed E-state index contributed by atoms with van der Waals surface area (Å²) in [7, 11) is -4.11. The highest BCUT2D eigenvalue weighted by Gasteiger charge is 2.23. The minimum absolute atomic E-state index is 0.121. The first-order valence-electron chi connectivity index (χ1n) is 9.69. The highest BCUT2D eigenvalue weighted by Crippen LogP contribution is 2.40. The second-order valence-corrected chi connectivity index (χ2v) is 9.41. The van der Waals surface area contributed by atoms with Gasteiger partial charge in [0.15, 0.2) is 0 Å². The standard InChI is InChI=1S/C23H24N2O4S2/c1-3-29-23(26)18-13-19(25-15-17-10-5-4-6-11-17)22(21(14-18)31(24,27)28)30-20-12-8-7-9-16(20)2/h4-14,25H,3,15H2,1-2H3,(H2,24,27,28). The van der Waals surface area contributed by atoms with E-state index in [2.05, 4.69) is 5.32 Å². The average Bonchev–Trinajstić information content (AvgIpc) is 2.74. The van der Waals surface area contributed by atoms with E-state index in [0.717, 1.165) is 16.0 Å². The van der Waals surface area contributed by atoms with Crippen molar-refractivity contribution in [2.24, 2.45) is 5.14 Å². The molecule has 8 heteroatoms. The summed E-state index contributed by atoms with van der Waals surface area (Å²) in [5.74, 6) is -0.609. The number of esters is 1. The zero-order chi connectivity index (χ0) is 22.4. The fourth-order valence-corrected chi connectivity index (χ4v) is 5.09. The van der Waals surface area contributed by atoms with Gasteiger partial charge in [0.2, 0.25) is 10.0 Å². The first kappa shape index (κ1) is 22.9. The maximum atomic E-state index is 12.5. The molecule has 31 heavy (non-hydrogen) atoms. The van der Waals surface area contributed by atoms with E-state index in [1.54, 1.807) is 13.0 Å². The molecule has 0 unspecified atom stereocenters. The van der Waals surface area contributed by atoms with Crippen LogP contribution < -0.4 is 10.5 Å². The van der Waals surface area contributed by atoms with Gasteiger partial charge in [0.05, 0.1) is 27.6 Å². The van der Waals surface area contributed by atoms with Crippen LogP contribution in [0.25, 0.3) is 0 Å². The van der Waals surface area contributed by atoms with Gasteiger partial charge in [0.25, 0.3) is 0 Å². The molecule has 0 aliphatic heterocycles. The monoisotopic (exact) mass is 456 g/mol. The lowest BCUT2D eigenvalue weighted by Gasteiger charge is -2.18.